The van der Waals surface area contributed by atoms with Gasteiger partial charge in [-0.3, -0.25) is 0 Å². The van der Waals surface area contributed by atoms with Crippen molar-refractivity contribution >= 4 is 0 Å². The molecule has 48 valence electrons. The molecule has 0 aliphatic heterocycles. The van der Waals surface area contributed by atoms with Crippen LogP contribution in [0.5, 0.6) is 0 Å². The summed E-state index contributed by atoms with van der Waals surface area (Å²) in [6, 6.07) is 0. The second kappa shape index (κ2) is 3.46. The molecule has 0 aromatic carbocycles. The van der Waals surface area contributed by atoms with E-state index in [9.17, 15) is 0 Å². The van der Waals surface area contributed by atoms with E-state index in [1.54, 1.807) is 5.01 Å². The molecule has 0 spiro atoms. The van der Waals surface area contributed by atoms with Crippen molar-refractivity contribution in [3.05, 3.63) is 12.3 Å². The zero-order valence-corrected chi connectivity index (χ0v) is 5.44. The van der Waals surface area contributed by atoms with Crippen LogP contribution in [0.2, 0.25) is 0 Å². The molecule has 0 saturated carbocycles. The fraction of sp³-hybridized carbons (Fsp3) is 0.600. The van der Waals surface area contributed by atoms with E-state index in [1.165, 1.54) is 0 Å². The zero-order valence-electron chi connectivity index (χ0n) is 5.44. The molecule has 0 fully saturated rings. The van der Waals surface area contributed by atoms with Crippen LogP contribution >= 0.6 is 0 Å². The molecule has 0 unspecified atom stereocenters. The first-order valence-corrected chi connectivity index (χ1v) is 2.48. The summed E-state index contributed by atoms with van der Waals surface area (Å²) in [5, 5.41) is 1.80. The Bertz CT molecular complexity index is 77.7. The fourth-order valence-electron chi connectivity index (χ4n) is 0.362. The molecule has 0 heterocycles. The van der Waals surface area contributed by atoms with Gasteiger partial charge in [0.15, 0.2) is 0 Å². The van der Waals surface area contributed by atoms with Crippen molar-refractivity contribution in [1.82, 2.24) is 10.4 Å². The lowest BCUT2D eigenvalue weighted by Crippen LogP contribution is -2.32. The van der Waals surface area contributed by atoms with E-state index in [4.69, 9.17) is 5.73 Å². The Kier molecular flexibility index (Phi) is 3.23. The molecule has 0 radical (unpaired) electrons. The van der Waals surface area contributed by atoms with Gasteiger partial charge in [0.05, 0.1) is 0 Å². The molecular formula is C5H13N3. The monoisotopic (exact) mass is 115 g/mol. The summed E-state index contributed by atoms with van der Waals surface area (Å²) in [6.07, 6.45) is 0. The van der Waals surface area contributed by atoms with Crippen LogP contribution in [0.1, 0.15) is 0 Å². The van der Waals surface area contributed by atoms with Crippen LogP contribution in [-0.4, -0.2) is 25.6 Å². The highest BCUT2D eigenvalue weighted by Crippen LogP contribution is 1.76. The molecular weight excluding hydrogens is 102 g/mol. The number of nitrogens with zero attached hydrogens (tertiary/aromatic N) is 1. The van der Waals surface area contributed by atoms with Crippen molar-refractivity contribution in [3.63, 3.8) is 0 Å². The Balaban J connectivity index is 3.25. The fourth-order valence-corrected chi connectivity index (χ4v) is 0.362. The van der Waals surface area contributed by atoms with Crippen LogP contribution in [0.3, 0.4) is 0 Å². The summed E-state index contributed by atoms with van der Waals surface area (Å²) in [7, 11) is 3.78. The van der Waals surface area contributed by atoms with Gasteiger partial charge in [0.25, 0.3) is 0 Å². The lowest BCUT2D eigenvalue weighted by Gasteiger charge is -2.13. The highest BCUT2D eigenvalue weighted by Gasteiger charge is 1.86. The molecule has 0 saturated heterocycles. The number of hydrogen-bond acceptors (Lipinski definition) is 3. The van der Waals surface area contributed by atoms with E-state index < -0.39 is 0 Å². The van der Waals surface area contributed by atoms with Gasteiger partial charge in [0, 0.05) is 26.3 Å². The Morgan fingerprint density at radius 1 is 1.75 bits per heavy atom. The SMILES string of the molecule is C=C(CN)NN(C)C. The van der Waals surface area contributed by atoms with Crippen molar-refractivity contribution in [3.8, 4) is 0 Å². The minimum absolute atomic E-state index is 0.484. The molecule has 3 nitrogen and oxygen atoms in total. The maximum atomic E-state index is 5.23. The van der Waals surface area contributed by atoms with Gasteiger partial charge in [-0.1, -0.05) is 6.58 Å². The largest absolute Gasteiger partial charge is 0.325 e. The van der Waals surface area contributed by atoms with Gasteiger partial charge in [0.2, 0.25) is 0 Å². The van der Waals surface area contributed by atoms with Crippen LogP contribution in [-0.2, 0) is 0 Å². The van der Waals surface area contributed by atoms with Crippen LogP contribution in [0, 0.1) is 0 Å². The first-order chi connectivity index (χ1) is 3.66. The van der Waals surface area contributed by atoms with E-state index in [0.29, 0.717) is 6.54 Å². The minimum Gasteiger partial charge on any atom is -0.325 e. The third kappa shape index (κ3) is 3.64. The topological polar surface area (TPSA) is 41.3 Å². The van der Waals surface area contributed by atoms with E-state index in [1.807, 2.05) is 14.1 Å². The third-order valence-electron chi connectivity index (χ3n) is 0.628. The van der Waals surface area contributed by atoms with Crippen molar-refractivity contribution < 1.29 is 0 Å². The maximum Gasteiger partial charge on any atom is 0.0336 e. The van der Waals surface area contributed by atoms with E-state index >= 15 is 0 Å². The van der Waals surface area contributed by atoms with Gasteiger partial charge in [-0.25, -0.2) is 5.01 Å². The summed E-state index contributed by atoms with van der Waals surface area (Å²) >= 11 is 0. The number of nitrogens with two attached hydrogens (primary N) is 1. The molecule has 0 rings (SSSR count). The summed E-state index contributed by atoms with van der Waals surface area (Å²) in [5.74, 6) is 0. The molecule has 0 atom stereocenters. The molecule has 3 N–H and O–H groups in total. The number of nitrogens with one attached hydrogen (secondary N) is 1. The van der Waals surface area contributed by atoms with Crippen LogP contribution in [0.25, 0.3) is 0 Å². The van der Waals surface area contributed by atoms with Crippen molar-refractivity contribution in [2.45, 2.75) is 0 Å². The van der Waals surface area contributed by atoms with Gasteiger partial charge in [-0.15, -0.1) is 0 Å². The molecule has 0 amide bonds. The van der Waals surface area contributed by atoms with E-state index in [2.05, 4.69) is 12.0 Å². The average Bonchev–Trinajstić information content (AvgIpc) is 1.65. The van der Waals surface area contributed by atoms with Crippen LogP contribution in [0.4, 0.5) is 0 Å². The standard InChI is InChI=1S/C5H13N3/c1-5(4-6)7-8(2)3/h7H,1,4,6H2,2-3H3. The first kappa shape index (κ1) is 7.46. The third-order valence-corrected chi connectivity index (χ3v) is 0.628. The predicted octanol–water partition coefficient (Wildman–Crippen LogP) is -0.475. The Morgan fingerprint density at radius 2 is 2.25 bits per heavy atom. The quantitative estimate of drug-likeness (QED) is 0.488. The van der Waals surface area contributed by atoms with Gasteiger partial charge in [-0.05, 0) is 0 Å². The molecule has 0 aliphatic carbocycles. The van der Waals surface area contributed by atoms with Gasteiger partial charge in [-0.2, -0.15) is 0 Å². The summed E-state index contributed by atoms with van der Waals surface area (Å²) < 4.78 is 0. The second-order valence-corrected chi connectivity index (χ2v) is 1.81. The lowest BCUT2D eigenvalue weighted by atomic mass is 10.5. The Hall–Kier alpha value is -0.540. The highest BCUT2D eigenvalue weighted by atomic mass is 15.5. The summed E-state index contributed by atoms with van der Waals surface area (Å²) in [6.45, 7) is 4.12. The Labute approximate surface area is 50.1 Å². The normalized spacial score (nSPS) is 9.50. The van der Waals surface area contributed by atoms with E-state index in [0.717, 1.165) is 5.70 Å². The average molecular weight is 115 g/mol. The zero-order chi connectivity index (χ0) is 6.57. The summed E-state index contributed by atoms with van der Waals surface area (Å²) in [4.78, 5) is 0. The molecule has 0 aliphatic rings. The Morgan fingerprint density at radius 3 is 2.38 bits per heavy atom. The lowest BCUT2D eigenvalue weighted by molar-refractivity contribution is 0.326. The molecule has 0 aromatic heterocycles. The van der Waals surface area contributed by atoms with Gasteiger partial charge in [0.1, 0.15) is 0 Å². The van der Waals surface area contributed by atoms with Crippen molar-refractivity contribution in [1.29, 1.82) is 0 Å². The first-order valence-electron chi connectivity index (χ1n) is 2.48. The minimum atomic E-state index is 0.484. The van der Waals surface area contributed by atoms with Crippen molar-refractivity contribution in [2.24, 2.45) is 5.73 Å². The second-order valence-electron chi connectivity index (χ2n) is 1.81. The molecule has 3 heteroatoms. The van der Waals surface area contributed by atoms with Gasteiger partial charge >= 0.3 is 0 Å². The van der Waals surface area contributed by atoms with Gasteiger partial charge < -0.3 is 11.2 Å². The molecule has 8 heavy (non-hydrogen) atoms. The maximum absolute atomic E-state index is 5.23. The van der Waals surface area contributed by atoms with Crippen LogP contribution in [0.15, 0.2) is 12.3 Å². The van der Waals surface area contributed by atoms with E-state index in [-0.39, 0.29) is 0 Å². The predicted molar refractivity (Wildman–Crippen MR) is 35.0 cm³/mol. The smallest absolute Gasteiger partial charge is 0.0336 e. The van der Waals surface area contributed by atoms with Crippen LogP contribution < -0.4 is 11.2 Å². The highest BCUT2D eigenvalue weighted by molar-refractivity contribution is 4.89. The number of hydrogen-bond donors (Lipinski definition) is 2. The molecule has 0 bridgehead atoms. The number of rotatable bonds is 3. The summed E-state index contributed by atoms with van der Waals surface area (Å²) in [5.41, 5.74) is 8.97. The number of hydrazine groups is 1. The van der Waals surface area contributed by atoms with Crippen molar-refractivity contribution in [2.75, 3.05) is 20.6 Å². The molecule has 0 aromatic rings.